The van der Waals surface area contributed by atoms with E-state index in [2.05, 4.69) is 0 Å². The third-order valence-corrected chi connectivity index (χ3v) is 4.61. The van der Waals surface area contributed by atoms with Gasteiger partial charge in [0.1, 0.15) is 11.3 Å². The Morgan fingerprint density at radius 2 is 1.82 bits per heavy atom. The van der Waals surface area contributed by atoms with Crippen LogP contribution in [0.2, 0.25) is 0 Å². The molecule has 2 aliphatic heterocycles. The van der Waals surface area contributed by atoms with Crippen LogP contribution in [0.5, 0.6) is 0 Å². The Hall–Kier alpha value is -1.85. The summed E-state index contributed by atoms with van der Waals surface area (Å²) in [6, 6.07) is 7.68. The number of para-hydroxylation sites is 1. The molecule has 5 nitrogen and oxygen atoms in total. The summed E-state index contributed by atoms with van der Waals surface area (Å²) in [6.07, 6.45) is 1.46. The Morgan fingerprint density at radius 1 is 1.14 bits per heavy atom. The topological polar surface area (TPSA) is 51.9 Å². The van der Waals surface area contributed by atoms with E-state index in [9.17, 15) is 4.79 Å². The van der Waals surface area contributed by atoms with Gasteiger partial charge >= 0.3 is 0 Å². The van der Waals surface area contributed by atoms with E-state index in [-0.39, 0.29) is 5.91 Å². The minimum atomic E-state index is -0.454. The molecule has 2 saturated heterocycles. The fourth-order valence-corrected chi connectivity index (χ4v) is 3.43. The summed E-state index contributed by atoms with van der Waals surface area (Å²) in [5, 5.41) is 0.888. The maximum Gasteiger partial charge on any atom is 0.258 e. The summed E-state index contributed by atoms with van der Waals surface area (Å²) < 4.78 is 17.1. The molecule has 0 aliphatic carbocycles. The second-order valence-electron chi connectivity index (χ2n) is 5.93. The van der Waals surface area contributed by atoms with Crippen LogP contribution in [-0.2, 0) is 9.47 Å². The van der Waals surface area contributed by atoms with Crippen molar-refractivity contribution in [1.82, 2.24) is 4.90 Å². The van der Waals surface area contributed by atoms with Crippen LogP contribution in [0.3, 0.4) is 0 Å². The molecule has 4 rings (SSSR count). The predicted octanol–water partition coefficient (Wildman–Crippen LogP) is 2.72. The lowest BCUT2D eigenvalue weighted by molar-refractivity contribution is -0.181. The molecule has 2 fully saturated rings. The average Bonchev–Trinajstić information content (AvgIpc) is 3.11. The number of carbonyl (C=O) groups excluding carboxylic acids is 1. The Kier molecular flexibility index (Phi) is 3.20. The van der Waals surface area contributed by atoms with Crippen molar-refractivity contribution < 1.29 is 18.7 Å². The number of benzene rings is 1. The first kappa shape index (κ1) is 13.8. The van der Waals surface area contributed by atoms with Crippen molar-refractivity contribution in [2.75, 3.05) is 26.3 Å². The minimum absolute atomic E-state index is 0.0373. The fraction of sp³-hybridized carbons (Fsp3) is 0.471. The number of fused-ring (bicyclic) bond motifs is 1. The van der Waals surface area contributed by atoms with Crippen molar-refractivity contribution in [3.63, 3.8) is 0 Å². The first-order valence-electron chi connectivity index (χ1n) is 7.74. The standard InChI is InChI=1S/C17H19NO4/c1-12-15(13-4-2-3-5-14(13)22-12)16(19)18-8-6-17(7-9-18)20-10-11-21-17/h2-5H,6-11H2,1H3. The molecule has 1 aromatic heterocycles. The zero-order valence-corrected chi connectivity index (χ0v) is 12.6. The van der Waals surface area contributed by atoms with Crippen molar-refractivity contribution in [2.45, 2.75) is 25.6 Å². The van der Waals surface area contributed by atoms with E-state index in [1.54, 1.807) is 0 Å². The number of piperidine rings is 1. The van der Waals surface area contributed by atoms with Crippen LogP contribution in [0.25, 0.3) is 11.0 Å². The molecule has 0 bridgehead atoms. The van der Waals surface area contributed by atoms with Gasteiger partial charge in [0.15, 0.2) is 5.79 Å². The van der Waals surface area contributed by atoms with Crippen LogP contribution in [0.4, 0.5) is 0 Å². The third kappa shape index (κ3) is 2.12. The zero-order chi connectivity index (χ0) is 15.2. The number of likely N-dealkylation sites (tertiary alicyclic amines) is 1. The van der Waals surface area contributed by atoms with Crippen LogP contribution in [0.15, 0.2) is 28.7 Å². The maximum atomic E-state index is 12.9. The molecule has 22 heavy (non-hydrogen) atoms. The third-order valence-electron chi connectivity index (χ3n) is 4.61. The molecule has 1 amide bonds. The molecule has 1 aromatic carbocycles. The summed E-state index contributed by atoms with van der Waals surface area (Å²) in [5.41, 5.74) is 1.44. The Bertz CT molecular complexity index is 705. The molecule has 2 aliphatic rings. The summed E-state index contributed by atoms with van der Waals surface area (Å²) in [5.74, 6) is 0.264. The van der Waals surface area contributed by atoms with Gasteiger partial charge in [0.25, 0.3) is 5.91 Å². The average molecular weight is 301 g/mol. The molecule has 0 radical (unpaired) electrons. The molecule has 3 heterocycles. The summed E-state index contributed by atoms with van der Waals surface area (Å²) >= 11 is 0. The van der Waals surface area contributed by atoms with Gasteiger partial charge in [-0.05, 0) is 13.0 Å². The van der Waals surface area contributed by atoms with Crippen LogP contribution >= 0.6 is 0 Å². The second-order valence-corrected chi connectivity index (χ2v) is 5.93. The van der Waals surface area contributed by atoms with Crippen LogP contribution in [0, 0.1) is 6.92 Å². The van der Waals surface area contributed by atoms with Gasteiger partial charge in [0.2, 0.25) is 0 Å². The van der Waals surface area contributed by atoms with Gasteiger partial charge in [0.05, 0.1) is 18.8 Å². The quantitative estimate of drug-likeness (QED) is 0.812. The molecule has 0 unspecified atom stereocenters. The molecular formula is C17H19NO4. The summed E-state index contributed by atoms with van der Waals surface area (Å²) in [6.45, 7) is 4.45. The molecule has 116 valence electrons. The van der Waals surface area contributed by atoms with E-state index in [0.29, 0.717) is 37.6 Å². The maximum absolute atomic E-state index is 12.9. The fourth-order valence-electron chi connectivity index (χ4n) is 3.43. The van der Waals surface area contributed by atoms with Crippen LogP contribution < -0.4 is 0 Å². The van der Waals surface area contributed by atoms with Gasteiger partial charge in [-0.25, -0.2) is 0 Å². The van der Waals surface area contributed by atoms with E-state index in [4.69, 9.17) is 13.9 Å². The molecule has 0 atom stereocenters. The number of nitrogens with zero attached hydrogens (tertiary/aromatic N) is 1. The predicted molar refractivity (Wildman–Crippen MR) is 80.7 cm³/mol. The van der Waals surface area contributed by atoms with E-state index in [1.165, 1.54) is 0 Å². The summed E-state index contributed by atoms with van der Waals surface area (Å²) in [7, 11) is 0. The van der Waals surface area contributed by atoms with E-state index >= 15 is 0 Å². The number of ether oxygens (including phenoxy) is 2. The first-order chi connectivity index (χ1) is 10.7. The molecule has 1 spiro atoms. The summed E-state index contributed by atoms with van der Waals surface area (Å²) in [4.78, 5) is 14.8. The smallest absolute Gasteiger partial charge is 0.258 e. The second kappa shape index (κ2) is 5.11. The lowest BCUT2D eigenvalue weighted by Gasteiger charge is -2.37. The van der Waals surface area contributed by atoms with Gasteiger partial charge in [-0.3, -0.25) is 4.79 Å². The van der Waals surface area contributed by atoms with E-state index in [1.807, 2.05) is 36.1 Å². The van der Waals surface area contributed by atoms with Crippen molar-refractivity contribution in [1.29, 1.82) is 0 Å². The number of hydrogen-bond donors (Lipinski definition) is 0. The van der Waals surface area contributed by atoms with Crippen molar-refractivity contribution in [3.05, 3.63) is 35.6 Å². The molecular weight excluding hydrogens is 282 g/mol. The Morgan fingerprint density at radius 3 is 2.55 bits per heavy atom. The minimum Gasteiger partial charge on any atom is -0.461 e. The monoisotopic (exact) mass is 301 g/mol. The van der Waals surface area contributed by atoms with E-state index < -0.39 is 5.79 Å². The zero-order valence-electron chi connectivity index (χ0n) is 12.6. The van der Waals surface area contributed by atoms with Crippen LogP contribution in [0.1, 0.15) is 29.0 Å². The van der Waals surface area contributed by atoms with Crippen molar-refractivity contribution in [2.24, 2.45) is 0 Å². The normalized spacial score (nSPS) is 20.9. The largest absolute Gasteiger partial charge is 0.461 e. The SMILES string of the molecule is Cc1oc2ccccc2c1C(=O)N1CCC2(CC1)OCCO2. The lowest BCUT2D eigenvalue weighted by Crippen LogP contribution is -2.47. The molecule has 0 N–H and O–H groups in total. The van der Waals surface area contributed by atoms with Crippen LogP contribution in [-0.4, -0.2) is 42.9 Å². The van der Waals surface area contributed by atoms with Gasteiger partial charge in [0, 0.05) is 31.3 Å². The molecule has 0 saturated carbocycles. The Labute approximate surface area is 128 Å². The van der Waals surface area contributed by atoms with Gasteiger partial charge in [-0.15, -0.1) is 0 Å². The number of rotatable bonds is 1. The number of carbonyl (C=O) groups is 1. The number of hydrogen-bond acceptors (Lipinski definition) is 4. The van der Waals surface area contributed by atoms with Gasteiger partial charge in [-0.1, -0.05) is 18.2 Å². The highest BCUT2D eigenvalue weighted by atomic mass is 16.7. The highest BCUT2D eigenvalue weighted by Gasteiger charge is 2.41. The molecule has 5 heteroatoms. The molecule has 2 aromatic rings. The highest BCUT2D eigenvalue weighted by Crippen LogP contribution is 2.33. The highest BCUT2D eigenvalue weighted by molar-refractivity contribution is 6.07. The van der Waals surface area contributed by atoms with Crippen molar-refractivity contribution in [3.8, 4) is 0 Å². The Balaban J connectivity index is 1.58. The first-order valence-corrected chi connectivity index (χ1v) is 7.74. The van der Waals surface area contributed by atoms with E-state index in [0.717, 1.165) is 23.8 Å². The van der Waals surface area contributed by atoms with Gasteiger partial charge < -0.3 is 18.8 Å². The number of furan rings is 1. The lowest BCUT2D eigenvalue weighted by atomic mass is 10.0. The van der Waals surface area contributed by atoms with Gasteiger partial charge in [-0.2, -0.15) is 0 Å². The number of aryl methyl sites for hydroxylation is 1. The van der Waals surface area contributed by atoms with Crippen molar-refractivity contribution >= 4 is 16.9 Å². The number of amides is 1.